The summed E-state index contributed by atoms with van der Waals surface area (Å²) in [4.78, 5) is 31.5. The molecule has 2 rings (SSSR count). The summed E-state index contributed by atoms with van der Waals surface area (Å²) in [5, 5.41) is 8.72. The van der Waals surface area contributed by atoms with Gasteiger partial charge in [0.05, 0.1) is 18.1 Å². The summed E-state index contributed by atoms with van der Waals surface area (Å²) >= 11 is 0. The number of carbonyl (C=O) groups is 1. The number of pyridine rings is 2. The fraction of sp³-hybridized carbons (Fsp3) is 0.200. The SMILES string of the molecule is N#CCCN(Cc1cccnc1)C(=O)c1ccc(=O)[nH]c1. The van der Waals surface area contributed by atoms with E-state index in [0.717, 1.165) is 5.56 Å². The summed E-state index contributed by atoms with van der Waals surface area (Å²) in [7, 11) is 0. The number of nitrogens with one attached hydrogen (secondary N) is 1. The Bertz CT molecular complexity index is 683. The van der Waals surface area contributed by atoms with Crippen LogP contribution in [0, 0.1) is 11.3 Å². The Morgan fingerprint density at radius 3 is 2.86 bits per heavy atom. The molecule has 0 bridgehead atoms. The fourth-order valence-electron chi connectivity index (χ4n) is 1.88. The summed E-state index contributed by atoms with van der Waals surface area (Å²) in [6.45, 7) is 0.691. The van der Waals surface area contributed by atoms with Crippen LogP contribution >= 0.6 is 0 Å². The van der Waals surface area contributed by atoms with Crippen LogP contribution in [0.5, 0.6) is 0 Å². The number of aromatic amines is 1. The van der Waals surface area contributed by atoms with Gasteiger partial charge < -0.3 is 9.88 Å². The molecule has 106 valence electrons. The van der Waals surface area contributed by atoms with E-state index in [1.165, 1.54) is 18.3 Å². The average molecular weight is 282 g/mol. The van der Waals surface area contributed by atoms with Gasteiger partial charge in [0.2, 0.25) is 5.56 Å². The highest BCUT2D eigenvalue weighted by Gasteiger charge is 2.16. The molecule has 0 spiro atoms. The molecule has 0 aliphatic rings. The molecule has 6 heteroatoms. The molecule has 2 aromatic heterocycles. The third-order valence-corrected chi connectivity index (χ3v) is 2.91. The predicted octanol–water partition coefficient (Wildman–Crippen LogP) is 1.33. The molecule has 1 N–H and O–H groups in total. The highest BCUT2D eigenvalue weighted by Crippen LogP contribution is 2.08. The molecule has 0 aromatic carbocycles. The fourth-order valence-corrected chi connectivity index (χ4v) is 1.88. The van der Waals surface area contributed by atoms with Gasteiger partial charge in [0.25, 0.3) is 5.91 Å². The smallest absolute Gasteiger partial charge is 0.255 e. The Labute approximate surface area is 121 Å². The van der Waals surface area contributed by atoms with Crippen molar-refractivity contribution in [2.24, 2.45) is 0 Å². The number of hydrogen-bond donors (Lipinski definition) is 1. The van der Waals surface area contributed by atoms with E-state index in [0.29, 0.717) is 18.7 Å². The van der Waals surface area contributed by atoms with E-state index in [1.54, 1.807) is 23.4 Å². The Balaban J connectivity index is 2.19. The number of nitriles is 1. The van der Waals surface area contributed by atoms with Gasteiger partial charge in [-0.25, -0.2) is 0 Å². The minimum Gasteiger partial charge on any atom is -0.333 e. The Kier molecular flexibility index (Phi) is 4.83. The van der Waals surface area contributed by atoms with Gasteiger partial charge in [0, 0.05) is 37.7 Å². The Hall–Kier alpha value is -2.94. The molecule has 0 radical (unpaired) electrons. The first-order valence-corrected chi connectivity index (χ1v) is 6.44. The predicted molar refractivity (Wildman–Crippen MR) is 76.3 cm³/mol. The van der Waals surface area contributed by atoms with E-state index in [2.05, 4.69) is 9.97 Å². The molecule has 21 heavy (non-hydrogen) atoms. The van der Waals surface area contributed by atoms with Gasteiger partial charge in [-0.3, -0.25) is 14.6 Å². The van der Waals surface area contributed by atoms with E-state index in [1.807, 2.05) is 12.1 Å². The van der Waals surface area contributed by atoms with Crippen molar-refractivity contribution in [2.75, 3.05) is 6.54 Å². The van der Waals surface area contributed by atoms with Gasteiger partial charge in [0.1, 0.15) is 0 Å². The second kappa shape index (κ2) is 7.01. The van der Waals surface area contributed by atoms with Crippen molar-refractivity contribution in [1.29, 1.82) is 5.26 Å². The van der Waals surface area contributed by atoms with Crippen LogP contribution in [0.2, 0.25) is 0 Å². The molecule has 2 aromatic rings. The second-order valence-corrected chi connectivity index (χ2v) is 4.44. The highest BCUT2D eigenvalue weighted by atomic mass is 16.2. The molecular weight excluding hydrogens is 268 g/mol. The van der Waals surface area contributed by atoms with E-state index in [-0.39, 0.29) is 17.9 Å². The monoisotopic (exact) mass is 282 g/mol. The van der Waals surface area contributed by atoms with Crippen LogP contribution < -0.4 is 5.56 Å². The van der Waals surface area contributed by atoms with Crippen LogP contribution in [0.3, 0.4) is 0 Å². The van der Waals surface area contributed by atoms with E-state index < -0.39 is 0 Å². The maximum Gasteiger partial charge on any atom is 0.255 e. The molecule has 0 saturated carbocycles. The number of H-pyrrole nitrogens is 1. The van der Waals surface area contributed by atoms with Gasteiger partial charge in [-0.05, 0) is 17.7 Å². The number of nitrogens with zero attached hydrogens (tertiary/aromatic N) is 3. The number of amides is 1. The normalized spacial score (nSPS) is 9.86. The molecular formula is C15H14N4O2. The molecule has 0 aliphatic heterocycles. The van der Waals surface area contributed by atoms with Crippen LogP contribution in [0.1, 0.15) is 22.3 Å². The molecule has 2 heterocycles. The average Bonchev–Trinajstić information content (AvgIpc) is 2.52. The molecule has 0 saturated heterocycles. The van der Waals surface area contributed by atoms with Crippen LogP contribution in [0.4, 0.5) is 0 Å². The Morgan fingerprint density at radius 2 is 2.24 bits per heavy atom. The molecule has 0 unspecified atom stereocenters. The van der Waals surface area contributed by atoms with Gasteiger partial charge in [0.15, 0.2) is 0 Å². The van der Waals surface area contributed by atoms with E-state index in [4.69, 9.17) is 5.26 Å². The van der Waals surface area contributed by atoms with Crippen molar-refractivity contribution >= 4 is 5.91 Å². The van der Waals surface area contributed by atoms with Crippen molar-refractivity contribution in [3.63, 3.8) is 0 Å². The van der Waals surface area contributed by atoms with Crippen molar-refractivity contribution in [1.82, 2.24) is 14.9 Å². The van der Waals surface area contributed by atoms with Crippen molar-refractivity contribution < 1.29 is 4.79 Å². The minimum absolute atomic E-state index is 0.231. The first-order valence-electron chi connectivity index (χ1n) is 6.44. The zero-order chi connectivity index (χ0) is 15.1. The van der Waals surface area contributed by atoms with Crippen LogP contribution in [0.25, 0.3) is 0 Å². The van der Waals surface area contributed by atoms with E-state index in [9.17, 15) is 9.59 Å². The second-order valence-electron chi connectivity index (χ2n) is 4.44. The number of aromatic nitrogens is 2. The zero-order valence-electron chi connectivity index (χ0n) is 11.3. The Morgan fingerprint density at radius 1 is 1.38 bits per heavy atom. The standard InChI is InChI=1S/C15H14N4O2/c16-6-2-8-19(11-12-3-1-7-17-9-12)15(21)13-4-5-14(20)18-10-13/h1,3-5,7,9-10H,2,8,11H2,(H,18,20). The lowest BCUT2D eigenvalue weighted by atomic mass is 10.2. The quantitative estimate of drug-likeness (QED) is 0.895. The minimum atomic E-state index is -0.262. The maximum absolute atomic E-state index is 12.4. The third kappa shape index (κ3) is 4.01. The van der Waals surface area contributed by atoms with Gasteiger partial charge in [-0.1, -0.05) is 6.07 Å². The van der Waals surface area contributed by atoms with E-state index >= 15 is 0 Å². The molecule has 6 nitrogen and oxygen atoms in total. The van der Waals surface area contributed by atoms with Gasteiger partial charge in [-0.2, -0.15) is 5.26 Å². The van der Waals surface area contributed by atoms with Crippen molar-refractivity contribution in [3.05, 3.63) is 64.3 Å². The van der Waals surface area contributed by atoms with Crippen molar-refractivity contribution in [2.45, 2.75) is 13.0 Å². The first kappa shape index (κ1) is 14.5. The highest BCUT2D eigenvalue weighted by molar-refractivity contribution is 5.93. The summed E-state index contributed by atoms with van der Waals surface area (Å²) in [6, 6.07) is 8.47. The maximum atomic E-state index is 12.4. The topological polar surface area (TPSA) is 89.8 Å². The number of hydrogen-bond acceptors (Lipinski definition) is 4. The lowest BCUT2D eigenvalue weighted by Gasteiger charge is -2.21. The molecule has 0 aliphatic carbocycles. The lowest BCUT2D eigenvalue weighted by molar-refractivity contribution is 0.0746. The summed E-state index contributed by atoms with van der Waals surface area (Å²) < 4.78 is 0. The molecule has 1 amide bonds. The summed E-state index contributed by atoms with van der Waals surface area (Å²) in [5.41, 5.74) is 1.01. The molecule has 0 atom stereocenters. The number of rotatable bonds is 5. The zero-order valence-corrected chi connectivity index (χ0v) is 11.3. The van der Waals surface area contributed by atoms with Gasteiger partial charge >= 0.3 is 0 Å². The van der Waals surface area contributed by atoms with Crippen LogP contribution in [-0.4, -0.2) is 27.3 Å². The first-order chi connectivity index (χ1) is 10.2. The van der Waals surface area contributed by atoms with Crippen molar-refractivity contribution in [3.8, 4) is 6.07 Å². The lowest BCUT2D eigenvalue weighted by Crippen LogP contribution is -2.31. The summed E-state index contributed by atoms with van der Waals surface area (Å²) in [5.74, 6) is -0.231. The third-order valence-electron chi connectivity index (χ3n) is 2.91. The number of carbonyl (C=O) groups excluding carboxylic acids is 1. The van der Waals surface area contributed by atoms with Crippen LogP contribution in [0.15, 0.2) is 47.7 Å². The summed E-state index contributed by atoms with van der Waals surface area (Å²) in [6.07, 6.45) is 4.97. The van der Waals surface area contributed by atoms with Gasteiger partial charge in [-0.15, -0.1) is 0 Å². The molecule has 0 fully saturated rings. The van der Waals surface area contributed by atoms with Crippen LogP contribution in [-0.2, 0) is 6.54 Å². The largest absolute Gasteiger partial charge is 0.333 e.